The number of anilines is 1. The molecule has 0 saturated carbocycles. The minimum Gasteiger partial charge on any atom is -0.491 e. The highest BCUT2D eigenvalue weighted by Gasteiger charge is 2.32. The van der Waals surface area contributed by atoms with E-state index in [2.05, 4.69) is 5.32 Å². The molecule has 0 bridgehead atoms. The fourth-order valence-electron chi connectivity index (χ4n) is 2.42. The molecule has 1 atom stereocenters. The number of ether oxygens (including phenoxy) is 2. The van der Waals surface area contributed by atoms with E-state index in [0.29, 0.717) is 13.0 Å². The Hall–Kier alpha value is -1.55. The summed E-state index contributed by atoms with van der Waals surface area (Å²) in [6.07, 6.45) is 1.72. The van der Waals surface area contributed by atoms with Crippen LogP contribution in [0.2, 0.25) is 0 Å². The van der Waals surface area contributed by atoms with Gasteiger partial charge in [-0.2, -0.15) is 0 Å². The third-order valence-corrected chi connectivity index (χ3v) is 3.47. The molecule has 0 heterocycles. The second kappa shape index (κ2) is 8.18. The molecular formula is C18H29NO3. The first-order valence-electron chi connectivity index (χ1n) is 8.05. The van der Waals surface area contributed by atoms with Gasteiger partial charge in [0.25, 0.3) is 5.91 Å². The van der Waals surface area contributed by atoms with Crippen LogP contribution < -0.4 is 10.1 Å². The topological polar surface area (TPSA) is 47.6 Å². The molecule has 0 aromatic heterocycles. The maximum absolute atomic E-state index is 12.5. The molecule has 1 unspecified atom stereocenters. The highest BCUT2D eigenvalue weighted by atomic mass is 16.5. The molecule has 0 aliphatic heterocycles. The lowest BCUT2D eigenvalue weighted by Crippen LogP contribution is -2.42. The van der Waals surface area contributed by atoms with Crippen LogP contribution in [0.4, 0.5) is 5.69 Å². The number of carbonyl (C=O) groups excluding carboxylic acids is 1. The van der Waals surface area contributed by atoms with E-state index in [1.165, 1.54) is 0 Å². The van der Waals surface area contributed by atoms with Gasteiger partial charge in [-0.05, 0) is 64.8 Å². The molecule has 4 nitrogen and oxygen atoms in total. The fraction of sp³-hybridized carbons (Fsp3) is 0.611. The number of rotatable bonds is 8. The zero-order chi connectivity index (χ0) is 16.8. The Bertz CT molecular complexity index is 491. The number of carbonyl (C=O) groups is 1. The smallest absolute Gasteiger partial charge is 0.256 e. The Kier molecular flexibility index (Phi) is 6.88. The van der Waals surface area contributed by atoms with E-state index in [-0.39, 0.29) is 12.0 Å². The normalized spacial score (nSPS) is 13.8. The first-order valence-corrected chi connectivity index (χ1v) is 8.05. The number of amides is 1. The van der Waals surface area contributed by atoms with Crippen molar-refractivity contribution in [3.8, 4) is 5.75 Å². The zero-order valence-electron chi connectivity index (χ0n) is 14.7. The van der Waals surface area contributed by atoms with Gasteiger partial charge in [0, 0.05) is 12.3 Å². The quantitative estimate of drug-likeness (QED) is 0.778. The molecule has 22 heavy (non-hydrogen) atoms. The molecule has 0 radical (unpaired) electrons. The standard InChI is InChI=1S/C18H29NO3/c1-7-11-18(6,21-8-2)17(20)19-15-9-10-16(14(5)12-15)22-13(3)4/h9-10,12-13H,7-8,11H2,1-6H3,(H,19,20). The predicted molar refractivity (Wildman–Crippen MR) is 90.5 cm³/mol. The second-order valence-electron chi connectivity index (χ2n) is 6.01. The molecule has 1 aromatic rings. The minimum atomic E-state index is -0.787. The van der Waals surface area contributed by atoms with Crippen molar-refractivity contribution in [2.75, 3.05) is 11.9 Å². The van der Waals surface area contributed by atoms with Crippen molar-refractivity contribution in [2.45, 2.75) is 66.1 Å². The van der Waals surface area contributed by atoms with E-state index in [9.17, 15) is 4.79 Å². The van der Waals surface area contributed by atoms with Gasteiger partial charge < -0.3 is 14.8 Å². The predicted octanol–water partition coefficient (Wildman–Crippen LogP) is 4.32. The van der Waals surface area contributed by atoms with E-state index >= 15 is 0 Å². The third-order valence-electron chi connectivity index (χ3n) is 3.47. The highest BCUT2D eigenvalue weighted by Crippen LogP contribution is 2.25. The Labute approximate surface area is 134 Å². The lowest BCUT2D eigenvalue weighted by atomic mass is 9.99. The first kappa shape index (κ1) is 18.5. The third kappa shape index (κ3) is 5.02. The molecule has 1 N–H and O–H groups in total. The van der Waals surface area contributed by atoms with Crippen LogP contribution >= 0.6 is 0 Å². The molecule has 1 aromatic carbocycles. The highest BCUT2D eigenvalue weighted by molar-refractivity contribution is 5.97. The summed E-state index contributed by atoms with van der Waals surface area (Å²) in [6, 6.07) is 5.68. The SMILES string of the molecule is CCCC(C)(OCC)C(=O)Nc1ccc(OC(C)C)c(C)c1. The van der Waals surface area contributed by atoms with Gasteiger partial charge in [-0.1, -0.05) is 13.3 Å². The van der Waals surface area contributed by atoms with Gasteiger partial charge in [0.05, 0.1) is 6.10 Å². The summed E-state index contributed by atoms with van der Waals surface area (Å²) in [4.78, 5) is 12.5. The van der Waals surface area contributed by atoms with Crippen molar-refractivity contribution in [1.82, 2.24) is 0 Å². The summed E-state index contributed by atoms with van der Waals surface area (Å²) in [5, 5.41) is 2.95. The average Bonchev–Trinajstić information content (AvgIpc) is 2.42. The van der Waals surface area contributed by atoms with Crippen molar-refractivity contribution in [3.05, 3.63) is 23.8 Å². The molecule has 124 valence electrons. The molecule has 0 fully saturated rings. The maximum Gasteiger partial charge on any atom is 0.256 e. The number of benzene rings is 1. The van der Waals surface area contributed by atoms with Gasteiger partial charge >= 0.3 is 0 Å². The van der Waals surface area contributed by atoms with Crippen LogP contribution in [0.1, 0.15) is 53.0 Å². The van der Waals surface area contributed by atoms with Crippen LogP contribution in [0, 0.1) is 6.92 Å². The van der Waals surface area contributed by atoms with Crippen LogP contribution in [-0.2, 0) is 9.53 Å². The Morgan fingerprint density at radius 1 is 1.32 bits per heavy atom. The number of hydrogen-bond acceptors (Lipinski definition) is 3. The summed E-state index contributed by atoms with van der Waals surface area (Å²) >= 11 is 0. The van der Waals surface area contributed by atoms with Gasteiger partial charge in [-0.15, -0.1) is 0 Å². The van der Waals surface area contributed by atoms with Gasteiger partial charge in [0.15, 0.2) is 0 Å². The number of nitrogens with one attached hydrogen (secondary N) is 1. The van der Waals surface area contributed by atoms with Crippen molar-refractivity contribution >= 4 is 11.6 Å². The van der Waals surface area contributed by atoms with Crippen LogP contribution in [0.15, 0.2) is 18.2 Å². The first-order chi connectivity index (χ1) is 10.3. The molecule has 4 heteroatoms. The molecule has 1 rings (SSSR count). The Morgan fingerprint density at radius 3 is 2.50 bits per heavy atom. The molecule has 0 aliphatic carbocycles. The van der Waals surface area contributed by atoms with Crippen molar-refractivity contribution in [3.63, 3.8) is 0 Å². The van der Waals surface area contributed by atoms with E-state index in [1.807, 2.05) is 59.7 Å². The lowest BCUT2D eigenvalue weighted by Gasteiger charge is -2.28. The monoisotopic (exact) mass is 307 g/mol. The summed E-state index contributed by atoms with van der Waals surface area (Å²) in [5.74, 6) is 0.738. The summed E-state index contributed by atoms with van der Waals surface area (Å²) in [7, 11) is 0. The van der Waals surface area contributed by atoms with Crippen molar-refractivity contribution in [2.24, 2.45) is 0 Å². The minimum absolute atomic E-state index is 0.104. The van der Waals surface area contributed by atoms with E-state index in [4.69, 9.17) is 9.47 Å². The van der Waals surface area contributed by atoms with Gasteiger partial charge in [-0.25, -0.2) is 0 Å². The molecule has 0 saturated heterocycles. The molecular weight excluding hydrogens is 278 g/mol. The molecule has 0 spiro atoms. The fourth-order valence-corrected chi connectivity index (χ4v) is 2.42. The lowest BCUT2D eigenvalue weighted by molar-refractivity contribution is -0.139. The number of aryl methyl sites for hydroxylation is 1. The Balaban J connectivity index is 2.85. The van der Waals surface area contributed by atoms with E-state index in [1.54, 1.807) is 0 Å². The van der Waals surface area contributed by atoms with Crippen molar-refractivity contribution in [1.29, 1.82) is 0 Å². The van der Waals surface area contributed by atoms with Crippen LogP contribution in [0.3, 0.4) is 0 Å². The van der Waals surface area contributed by atoms with Crippen LogP contribution in [-0.4, -0.2) is 24.2 Å². The van der Waals surface area contributed by atoms with Gasteiger partial charge in [0.1, 0.15) is 11.4 Å². The van der Waals surface area contributed by atoms with E-state index in [0.717, 1.165) is 23.4 Å². The maximum atomic E-state index is 12.5. The van der Waals surface area contributed by atoms with Crippen molar-refractivity contribution < 1.29 is 14.3 Å². The molecule has 1 amide bonds. The van der Waals surface area contributed by atoms with Gasteiger partial charge in [0.2, 0.25) is 0 Å². The zero-order valence-corrected chi connectivity index (χ0v) is 14.7. The average molecular weight is 307 g/mol. The summed E-state index contributed by atoms with van der Waals surface area (Å²) < 4.78 is 11.4. The summed E-state index contributed by atoms with van der Waals surface area (Å²) in [5.41, 5.74) is 0.977. The second-order valence-corrected chi connectivity index (χ2v) is 6.01. The van der Waals surface area contributed by atoms with Crippen LogP contribution in [0.5, 0.6) is 5.75 Å². The Morgan fingerprint density at radius 2 is 2.00 bits per heavy atom. The van der Waals surface area contributed by atoms with Gasteiger partial charge in [-0.3, -0.25) is 4.79 Å². The largest absolute Gasteiger partial charge is 0.491 e. The van der Waals surface area contributed by atoms with Crippen LogP contribution in [0.25, 0.3) is 0 Å². The molecule has 0 aliphatic rings. The number of hydrogen-bond donors (Lipinski definition) is 1. The summed E-state index contributed by atoms with van der Waals surface area (Å²) in [6.45, 7) is 12.3. The van der Waals surface area contributed by atoms with E-state index < -0.39 is 5.60 Å².